The average Bonchev–Trinajstić information content (AvgIpc) is 3.01. The van der Waals surface area contributed by atoms with Crippen LogP contribution >= 0.6 is 11.6 Å². The summed E-state index contributed by atoms with van der Waals surface area (Å²) in [6.45, 7) is 6.21. The molecule has 0 bridgehead atoms. The third kappa shape index (κ3) is 3.78. The molecule has 0 saturated carbocycles. The summed E-state index contributed by atoms with van der Waals surface area (Å²) in [4.78, 5) is 13.3. The molecule has 2 aromatic heterocycles. The number of rotatable bonds is 7. The van der Waals surface area contributed by atoms with E-state index in [0.717, 1.165) is 36.9 Å². The van der Waals surface area contributed by atoms with Gasteiger partial charge in [-0.1, -0.05) is 38.3 Å². The van der Waals surface area contributed by atoms with Crippen LogP contribution in [0, 0.1) is 12.7 Å². The minimum absolute atomic E-state index is 0.0854. The molecule has 1 aromatic carbocycles. The predicted octanol–water partition coefficient (Wildman–Crippen LogP) is 5.49. The SMILES string of the molecule is CCCC(CCC)c1cc(C)n2nc(-c3c(F)cc(OC)cc3Cl)n(C)c(=O)c12. The van der Waals surface area contributed by atoms with E-state index in [0.29, 0.717) is 17.2 Å². The highest BCUT2D eigenvalue weighted by molar-refractivity contribution is 6.33. The van der Waals surface area contributed by atoms with E-state index in [1.165, 1.54) is 23.8 Å². The minimum Gasteiger partial charge on any atom is -0.497 e. The zero-order valence-corrected chi connectivity index (χ0v) is 18.3. The van der Waals surface area contributed by atoms with Gasteiger partial charge in [-0.25, -0.2) is 8.91 Å². The first-order valence-corrected chi connectivity index (χ1v) is 10.3. The van der Waals surface area contributed by atoms with E-state index in [-0.39, 0.29) is 22.0 Å². The molecular formula is C22H27ClFN3O2. The summed E-state index contributed by atoms with van der Waals surface area (Å²) in [5.74, 6) is 0.204. The number of aryl methyl sites for hydroxylation is 1. The van der Waals surface area contributed by atoms with Crippen LogP contribution in [-0.4, -0.2) is 21.3 Å². The van der Waals surface area contributed by atoms with Crippen molar-refractivity contribution in [3.8, 4) is 17.1 Å². The zero-order valence-electron chi connectivity index (χ0n) is 17.6. The number of halogens is 2. The first-order valence-electron chi connectivity index (χ1n) is 9.96. The lowest BCUT2D eigenvalue weighted by molar-refractivity contribution is 0.411. The summed E-state index contributed by atoms with van der Waals surface area (Å²) >= 11 is 6.32. The van der Waals surface area contributed by atoms with E-state index in [9.17, 15) is 9.18 Å². The molecule has 0 N–H and O–H groups in total. The fourth-order valence-electron chi connectivity index (χ4n) is 3.98. The second-order valence-electron chi connectivity index (χ2n) is 7.43. The monoisotopic (exact) mass is 419 g/mol. The van der Waals surface area contributed by atoms with Gasteiger partial charge in [0.2, 0.25) is 0 Å². The maximum absolute atomic E-state index is 14.8. The third-order valence-electron chi connectivity index (χ3n) is 5.39. The molecule has 5 nitrogen and oxygen atoms in total. The van der Waals surface area contributed by atoms with Gasteiger partial charge in [-0.2, -0.15) is 0 Å². The zero-order chi connectivity index (χ0) is 21.3. The molecule has 3 aromatic rings. The Morgan fingerprint density at radius 3 is 2.41 bits per heavy atom. The lowest BCUT2D eigenvalue weighted by Gasteiger charge is -2.16. The number of hydrogen-bond acceptors (Lipinski definition) is 3. The Labute approximate surface area is 175 Å². The number of ether oxygens (including phenoxy) is 1. The molecule has 0 atom stereocenters. The second-order valence-corrected chi connectivity index (χ2v) is 7.84. The van der Waals surface area contributed by atoms with Crippen molar-refractivity contribution in [2.24, 2.45) is 7.05 Å². The van der Waals surface area contributed by atoms with Gasteiger partial charge in [-0.15, -0.1) is 5.10 Å². The molecule has 7 heteroatoms. The van der Waals surface area contributed by atoms with Crippen molar-refractivity contribution in [3.63, 3.8) is 0 Å². The van der Waals surface area contributed by atoms with Gasteiger partial charge in [0.25, 0.3) is 5.56 Å². The number of hydrogen-bond donors (Lipinski definition) is 0. The highest BCUT2D eigenvalue weighted by atomic mass is 35.5. The summed E-state index contributed by atoms with van der Waals surface area (Å²) in [6, 6.07) is 4.79. The molecule has 0 aliphatic heterocycles. The van der Waals surface area contributed by atoms with Gasteiger partial charge in [-0.3, -0.25) is 9.36 Å². The summed E-state index contributed by atoms with van der Waals surface area (Å²) < 4.78 is 22.9. The molecule has 0 aliphatic rings. The predicted molar refractivity (Wildman–Crippen MR) is 115 cm³/mol. The van der Waals surface area contributed by atoms with Gasteiger partial charge in [0.05, 0.1) is 17.7 Å². The fraction of sp³-hybridized carbons (Fsp3) is 0.455. The molecule has 3 rings (SSSR count). The molecule has 0 saturated heterocycles. The number of fused-ring (bicyclic) bond motifs is 1. The molecule has 0 fully saturated rings. The number of benzene rings is 1. The molecule has 0 radical (unpaired) electrons. The Morgan fingerprint density at radius 1 is 1.21 bits per heavy atom. The van der Waals surface area contributed by atoms with Crippen LogP contribution in [0.4, 0.5) is 4.39 Å². The first-order chi connectivity index (χ1) is 13.8. The van der Waals surface area contributed by atoms with Gasteiger partial charge in [-0.05, 0) is 43.4 Å². The van der Waals surface area contributed by atoms with Crippen molar-refractivity contribution in [1.82, 2.24) is 14.2 Å². The number of nitrogens with zero attached hydrogens (tertiary/aromatic N) is 3. The third-order valence-corrected chi connectivity index (χ3v) is 5.69. The van der Waals surface area contributed by atoms with Gasteiger partial charge in [0, 0.05) is 18.8 Å². The van der Waals surface area contributed by atoms with Crippen molar-refractivity contribution in [2.45, 2.75) is 52.4 Å². The van der Waals surface area contributed by atoms with Crippen LogP contribution < -0.4 is 10.3 Å². The Morgan fingerprint density at radius 2 is 1.86 bits per heavy atom. The van der Waals surface area contributed by atoms with Gasteiger partial charge in [0.15, 0.2) is 5.82 Å². The van der Waals surface area contributed by atoms with E-state index in [4.69, 9.17) is 16.3 Å². The van der Waals surface area contributed by atoms with Crippen molar-refractivity contribution in [3.05, 3.63) is 50.7 Å². The maximum atomic E-state index is 14.8. The topological polar surface area (TPSA) is 48.5 Å². The molecular weight excluding hydrogens is 393 g/mol. The van der Waals surface area contributed by atoms with Gasteiger partial charge >= 0.3 is 0 Å². The van der Waals surface area contributed by atoms with Gasteiger partial charge in [0.1, 0.15) is 17.1 Å². The number of aromatic nitrogens is 3. The Bertz CT molecular complexity index is 1070. The quantitative estimate of drug-likeness (QED) is 0.508. The average molecular weight is 420 g/mol. The van der Waals surface area contributed by atoms with E-state index in [2.05, 4.69) is 18.9 Å². The highest BCUT2D eigenvalue weighted by Crippen LogP contribution is 2.34. The van der Waals surface area contributed by atoms with Crippen molar-refractivity contribution < 1.29 is 9.13 Å². The molecule has 29 heavy (non-hydrogen) atoms. The molecule has 0 spiro atoms. The molecule has 0 unspecified atom stereocenters. The van der Waals surface area contributed by atoms with Gasteiger partial charge < -0.3 is 4.74 Å². The van der Waals surface area contributed by atoms with E-state index >= 15 is 0 Å². The first kappa shape index (κ1) is 21.4. The van der Waals surface area contributed by atoms with Crippen LogP contribution in [0.15, 0.2) is 23.0 Å². The van der Waals surface area contributed by atoms with Crippen molar-refractivity contribution in [1.29, 1.82) is 0 Å². The summed E-state index contributed by atoms with van der Waals surface area (Å²) in [5.41, 5.74) is 2.30. The van der Waals surface area contributed by atoms with Crippen molar-refractivity contribution >= 4 is 17.1 Å². The van der Waals surface area contributed by atoms with Crippen molar-refractivity contribution in [2.75, 3.05) is 7.11 Å². The summed E-state index contributed by atoms with van der Waals surface area (Å²) in [5, 5.41) is 4.76. The Kier molecular flexibility index (Phi) is 6.32. The fourth-order valence-corrected chi connectivity index (χ4v) is 4.26. The van der Waals surface area contributed by atoms with E-state index in [1.807, 2.05) is 13.0 Å². The maximum Gasteiger partial charge on any atom is 0.278 e. The highest BCUT2D eigenvalue weighted by Gasteiger charge is 2.23. The Hall–Kier alpha value is -2.34. The normalized spacial score (nSPS) is 11.6. The molecule has 0 aliphatic carbocycles. The lowest BCUT2D eigenvalue weighted by atomic mass is 9.91. The van der Waals surface area contributed by atoms with Crippen LogP contribution in [0.5, 0.6) is 5.75 Å². The van der Waals surface area contributed by atoms with E-state index < -0.39 is 5.82 Å². The van der Waals surface area contributed by atoms with Crippen LogP contribution in [0.25, 0.3) is 16.9 Å². The van der Waals surface area contributed by atoms with Crippen LogP contribution in [0.3, 0.4) is 0 Å². The molecule has 2 heterocycles. The Balaban J connectivity index is 2.29. The van der Waals surface area contributed by atoms with E-state index in [1.54, 1.807) is 11.6 Å². The smallest absolute Gasteiger partial charge is 0.278 e. The largest absolute Gasteiger partial charge is 0.497 e. The van der Waals surface area contributed by atoms with Crippen LogP contribution in [0.1, 0.15) is 56.7 Å². The summed E-state index contributed by atoms with van der Waals surface area (Å²) in [6.07, 6.45) is 4.10. The number of methoxy groups -OCH3 is 1. The van der Waals surface area contributed by atoms with Crippen LogP contribution in [0.2, 0.25) is 5.02 Å². The standard InChI is InChI=1S/C22H27ClFN3O2/c1-6-8-14(9-7-2)16-10-13(3)27-20(16)22(28)26(4)21(25-27)19-17(23)11-15(29-5)12-18(19)24/h10-12,14H,6-9H2,1-5H3. The second kappa shape index (κ2) is 8.57. The van der Waals surface area contributed by atoms with Crippen LogP contribution in [-0.2, 0) is 7.05 Å². The minimum atomic E-state index is -0.587. The molecule has 156 valence electrons. The lowest BCUT2D eigenvalue weighted by Crippen LogP contribution is -2.24. The molecule has 0 amide bonds. The summed E-state index contributed by atoms with van der Waals surface area (Å²) in [7, 11) is 3.05.